The van der Waals surface area contributed by atoms with Gasteiger partial charge in [0.05, 0.1) is 6.61 Å². The topological polar surface area (TPSA) is 128 Å². The Morgan fingerprint density at radius 1 is 1.22 bits per heavy atom. The summed E-state index contributed by atoms with van der Waals surface area (Å²) in [5, 5.41) is 0.591. The number of nitrogens with two attached hydrogens (primary N) is 1. The van der Waals surface area contributed by atoms with Gasteiger partial charge in [-0.3, -0.25) is 9.78 Å². The number of fused-ring (bicyclic) bond motifs is 1. The SMILES string of the molecule is NC(=O)c1[nH]c2ccc(Cl)cc2c1S(=O)(=O)N1CCOC(COc2ccc(F)c(-c3ccncc3)c2)C1. The highest BCUT2D eigenvalue weighted by Gasteiger charge is 2.36. The number of carbonyl (C=O) groups is 1. The van der Waals surface area contributed by atoms with Crippen LogP contribution in [0.5, 0.6) is 5.75 Å². The summed E-state index contributed by atoms with van der Waals surface area (Å²) in [6.45, 7) is 0.197. The molecule has 3 heterocycles. The zero-order valence-electron chi connectivity index (χ0n) is 19.4. The zero-order chi connectivity index (χ0) is 26.2. The van der Waals surface area contributed by atoms with Gasteiger partial charge in [0.1, 0.15) is 34.9 Å². The Morgan fingerprint density at radius 2 is 2.00 bits per heavy atom. The van der Waals surface area contributed by atoms with Gasteiger partial charge in [0.25, 0.3) is 5.91 Å². The van der Waals surface area contributed by atoms with Crippen LogP contribution in [-0.2, 0) is 14.8 Å². The van der Waals surface area contributed by atoms with Crippen LogP contribution in [-0.4, -0.2) is 61.0 Å². The summed E-state index contributed by atoms with van der Waals surface area (Å²) in [6.07, 6.45) is 2.53. The van der Waals surface area contributed by atoms with Gasteiger partial charge in [-0.15, -0.1) is 0 Å². The number of H-pyrrole nitrogens is 1. The van der Waals surface area contributed by atoms with Crippen LogP contribution in [0, 0.1) is 5.82 Å². The van der Waals surface area contributed by atoms with Gasteiger partial charge in [-0.2, -0.15) is 4.31 Å². The van der Waals surface area contributed by atoms with Gasteiger partial charge in [-0.1, -0.05) is 11.6 Å². The molecule has 0 spiro atoms. The molecule has 2 aromatic heterocycles. The average molecular weight is 545 g/mol. The number of nitrogens with zero attached hydrogens (tertiary/aromatic N) is 2. The van der Waals surface area contributed by atoms with E-state index in [0.717, 1.165) is 0 Å². The van der Waals surface area contributed by atoms with Crippen molar-refractivity contribution in [1.82, 2.24) is 14.3 Å². The van der Waals surface area contributed by atoms with Gasteiger partial charge in [-0.05, 0) is 54.1 Å². The summed E-state index contributed by atoms with van der Waals surface area (Å²) in [4.78, 5) is 18.6. The Labute approximate surface area is 217 Å². The molecule has 1 aliphatic rings. The summed E-state index contributed by atoms with van der Waals surface area (Å²) in [6, 6.07) is 12.4. The van der Waals surface area contributed by atoms with Gasteiger partial charge in [0.2, 0.25) is 10.0 Å². The second-order valence-electron chi connectivity index (χ2n) is 8.43. The third-order valence-corrected chi connectivity index (χ3v) is 8.21. The number of morpholine rings is 1. The molecule has 1 amide bonds. The summed E-state index contributed by atoms with van der Waals surface area (Å²) >= 11 is 6.10. The van der Waals surface area contributed by atoms with Crippen molar-refractivity contribution in [3.05, 3.63) is 77.5 Å². The van der Waals surface area contributed by atoms with Gasteiger partial charge in [-0.25, -0.2) is 12.8 Å². The van der Waals surface area contributed by atoms with Gasteiger partial charge >= 0.3 is 0 Å². The maximum Gasteiger partial charge on any atom is 0.266 e. The quantitative estimate of drug-likeness (QED) is 0.366. The number of carbonyl (C=O) groups excluding carboxylic acids is 1. The zero-order valence-corrected chi connectivity index (χ0v) is 20.9. The number of halogens is 2. The average Bonchev–Trinajstić information content (AvgIpc) is 3.29. The third-order valence-electron chi connectivity index (χ3n) is 6.02. The smallest absolute Gasteiger partial charge is 0.266 e. The number of benzene rings is 2. The molecule has 9 nitrogen and oxygen atoms in total. The standard InChI is InChI=1S/C25H22ClFN4O5S/c26-16-1-4-22-20(11-16)24(23(30-22)25(28)32)37(33,34)31-9-10-35-18(13-31)14-36-17-2-3-21(27)19(12-17)15-5-7-29-8-6-15/h1-8,11-12,18,30H,9-10,13-14H2,(H2,28,32). The second-order valence-corrected chi connectivity index (χ2v) is 10.7. The maximum absolute atomic E-state index is 14.4. The molecule has 0 saturated carbocycles. The summed E-state index contributed by atoms with van der Waals surface area (Å²) in [5.41, 5.74) is 6.69. The van der Waals surface area contributed by atoms with Gasteiger partial charge in [0, 0.05) is 47.0 Å². The Bertz CT molecular complexity index is 1580. The molecule has 0 aliphatic carbocycles. The minimum absolute atomic E-state index is 0.0216. The number of aromatic nitrogens is 2. The van der Waals surface area contributed by atoms with Crippen LogP contribution < -0.4 is 10.5 Å². The first-order valence-electron chi connectivity index (χ1n) is 11.3. The Kier molecular flexibility index (Phi) is 6.86. The molecule has 0 bridgehead atoms. The van der Waals surface area contributed by atoms with Crippen molar-refractivity contribution in [3.8, 4) is 16.9 Å². The number of ether oxygens (including phenoxy) is 2. The molecule has 2 aromatic carbocycles. The number of nitrogens with one attached hydrogen (secondary N) is 1. The Morgan fingerprint density at radius 3 is 2.76 bits per heavy atom. The predicted octanol–water partition coefficient (Wildman–Crippen LogP) is 3.59. The molecule has 12 heteroatoms. The van der Waals surface area contributed by atoms with Gasteiger partial charge < -0.3 is 20.2 Å². The van der Waals surface area contributed by atoms with E-state index >= 15 is 0 Å². The molecule has 1 atom stereocenters. The van der Waals surface area contributed by atoms with E-state index in [1.807, 2.05) is 0 Å². The Balaban J connectivity index is 1.36. The van der Waals surface area contributed by atoms with Crippen LogP contribution >= 0.6 is 11.6 Å². The van der Waals surface area contributed by atoms with E-state index < -0.39 is 27.9 Å². The summed E-state index contributed by atoms with van der Waals surface area (Å²) < 4.78 is 54.5. The van der Waals surface area contributed by atoms with Crippen molar-refractivity contribution in [2.45, 2.75) is 11.0 Å². The highest BCUT2D eigenvalue weighted by Crippen LogP contribution is 2.32. The van der Waals surface area contributed by atoms with E-state index in [4.69, 9.17) is 26.8 Å². The van der Waals surface area contributed by atoms with Crippen LogP contribution in [0.4, 0.5) is 4.39 Å². The van der Waals surface area contributed by atoms with Crippen LogP contribution in [0.25, 0.3) is 22.0 Å². The highest BCUT2D eigenvalue weighted by atomic mass is 35.5. The van der Waals surface area contributed by atoms with E-state index in [2.05, 4.69) is 9.97 Å². The number of hydrogen-bond acceptors (Lipinski definition) is 6. The summed E-state index contributed by atoms with van der Waals surface area (Å²) in [7, 11) is -4.15. The number of sulfonamides is 1. The lowest BCUT2D eigenvalue weighted by molar-refractivity contribution is -0.0249. The van der Waals surface area contributed by atoms with E-state index in [-0.39, 0.29) is 42.3 Å². The fourth-order valence-electron chi connectivity index (χ4n) is 4.26. The lowest BCUT2D eigenvalue weighted by Gasteiger charge is -2.32. The summed E-state index contributed by atoms with van der Waals surface area (Å²) in [5.74, 6) is -0.909. The van der Waals surface area contributed by atoms with Crippen molar-refractivity contribution in [3.63, 3.8) is 0 Å². The number of rotatable bonds is 7. The minimum Gasteiger partial charge on any atom is -0.491 e. The molecule has 1 fully saturated rings. The van der Waals surface area contributed by atoms with Crippen molar-refractivity contribution in [1.29, 1.82) is 0 Å². The molecule has 192 valence electrons. The lowest BCUT2D eigenvalue weighted by Crippen LogP contribution is -2.47. The normalized spacial score (nSPS) is 16.6. The van der Waals surface area contributed by atoms with Crippen LogP contribution in [0.2, 0.25) is 5.02 Å². The molecule has 1 aliphatic heterocycles. The molecular weight excluding hydrogens is 523 g/mol. The molecule has 37 heavy (non-hydrogen) atoms. The van der Waals surface area contributed by atoms with Crippen LogP contribution in [0.3, 0.4) is 0 Å². The predicted molar refractivity (Wildman–Crippen MR) is 135 cm³/mol. The molecule has 1 unspecified atom stereocenters. The minimum atomic E-state index is -4.15. The first kappa shape index (κ1) is 25.2. The van der Waals surface area contributed by atoms with E-state index in [9.17, 15) is 17.6 Å². The number of hydrogen-bond donors (Lipinski definition) is 2. The third kappa shape index (κ3) is 5.03. The highest BCUT2D eigenvalue weighted by molar-refractivity contribution is 7.89. The van der Waals surface area contributed by atoms with Crippen molar-refractivity contribution >= 4 is 38.4 Å². The fraction of sp³-hybridized carbons (Fsp3) is 0.200. The van der Waals surface area contributed by atoms with Crippen molar-refractivity contribution < 1.29 is 27.1 Å². The maximum atomic E-state index is 14.4. The van der Waals surface area contributed by atoms with Crippen LogP contribution in [0.15, 0.2) is 65.8 Å². The first-order chi connectivity index (χ1) is 17.7. The van der Waals surface area contributed by atoms with E-state index in [0.29, 0.717) is 27.4 Å². The fourth-order valence-corrected chi connectivity index (χ4v) is 6.22. The molecular formula is C25H22ClFN4O5S. The number of pyridine rings is 1. The molecule has 1 saturated heterocycles. The van der Waals surface area contributed by atoms with E-state index in [1.165, 1.54) is 22.5 Å². The van der Waals surface area contributed by atoms with Crippen LogP contribution in [0.1, 0.15) is 10.5 Å². The van der Waals surface area contributed by atoms with Crippen molar-refractivity contribution in [2.24, 2.45) is 5.73 Å². The molecule has 4 aromatic rings. The van der Waals surface area contributed by atoms with Gasteiger partial charge in [0.15, 0.2) is 0 Å². The number of aromatic amines is 1. The monoisotopic (exact) mass is 544 g/mol. The number of primary amides is 1. The van der Waals surface area contributed by atoms with Crippen molar-refractivity contribution in [2.75, 3.05) is 26.3 Å². The number of amides is 1. The molecule has 0 radical (unpaired) electrons. The Hall–Kier alpha value is -3.51. The second kappa shape index (κ2) is 10.1. The van der Waals surface area contributed by atoms with E-state index in [1.54, 1.807) is 42.7 Å². The largest absolute Gasteiger partial charge is 0.491 e. The first-order valence-corrected chi connectivity index (χ1v) is 13.1. The molecule has 5 rings (SSSR count). The lowest BCUT2D eigenvalue weighted by atomic mass is 10.1. The molecule has 3 N–H and O–H groups in total.